The lowest BCUT2D eigenvalue weighted by atomic mass is 9.76. The number of aryl methyl sites for hydroxylation is 2. The third-order valence-corrected chi connectivity index (χ3v) is 10.3. The fourth-order valence-electron chi connectivity index (χ4n) is 6.84. The molecule has 11 heteroatoms. The molecule has 2 aliphatic heterocycles. The number of aromatic nitrogens is 1. The van der Waals surface area contributed by atoms with E-state index in [1.165, 1.54) is 16.7 Å². The third-order valence-electron chi connectivity index (χ3n) is 9.02. The Bertz CT molecular complexity index is 1400. The summed E-state index contributed by atoms with van der Waals surface area (Å²) in [6, 6.07) is 6.29. The van der Waals surface area contributed by atoms with Gasteiger partial charge in [0.2, 0.25) is 5.91 Å². The lowest BCUT2D eigenvalue weighted by Gasteiger charge is -2.38. The van der Waals surface area contributed by atoms with E-state index in [1.54, 1.807) is 4.90 Å². The minimum atomic E-state index is -0.594. The van der Waals surface area contributed by atoms with Crippen LogP contribution in [0.25, 0.3) is 0 Å². The Kier molecular flexibility index (Phi) is 10.6. The standard InChI is InChI=1S/C33H41Br2ClN4O4/c1-33(2,3)38-32(43)44-19-28(42)40-10-6-20(7-11-40)14-27(41)39-12-8-21(9-13-39)30-29-22(16-25(36)17-26(29)35)4-5-23-15-24(34)18-37-31(23)30/h15-18,20-21,30H,4-14,19H2,1-3H3,(H,38,43). The van der Waals surface area contributed by atoms with Crippen molar-refractivity contribution in [2.75, 3.05) is 32.8 Å². The Morgan fingerprint density at radius 1 is 0.955 bits per heavy atom. The number of piperidine rings is 2. The van der Waals surface area contributed by atoms with Crippen molar-refractivity contribution in [3.63, 3.8) is 0 Å². The number of nitrogens with one attached hydrogen (secondary N) is 1. The first-order valence-electron chi connectivity index (χ1n) is 15.5. The number of nitrogens with zero attached hydrogens (tertiary/aromatic N) is 3. The summed E-state index contributed by atoms with van der Waals surface area (Å²) < 4.78 is 7.13. The molecule has 0 radical (unpaired) electrons. The number of hydrogen-bond acceptors (Lipinski definition) is 5. The van der Waals surface area contributed by atoms with Crippen LogP contribution < -0.4 is 5.32 Å². The zero-order chi connectivity index (χ0) is 31.6. The summed E-state index contributed by atoms with van der Waals surface area (Å²) in [5.41, 5.74) is 4.54. The van der Waals surface area contributed by atoms with Gasteiger partial charge >= 0.3 is 6.09 Å². The molecular weight excluding hydrogens is 712 g/mol. The van der Waals surface area contributed by atoms with Crippen LogP contribution in [-0.4, -0.2) is 71.0 Å². The summed E-state index contributed by atoms with van der Waals surface area (Å²) in [7, 11) is 0. The highest BCUT2D eigenvalue weighted by molar-refractivity contribution is 9.10. The summed E-state index contributed by atoms with van der Waals surface area (Å²) in [5.74, 6) is 0.761. The number of halogens is 3. The minimum absolute atomic E-state index is 0.143. The second-order valence-corrected chi connectivity index (χ2v) is 15.5. The molecule has 2 fully saturated rings. The number of pyridine rings is 1. The smallest absolute Gasteiger partial charge is 0.408 e. The van der Waals surface area contributed by atoms with Crippen molar-refractivity contribution in [3.05, 3.63) is 60.7 Å². The second-order valence-electron chi connectivity index (χ2n) is 13.3. The van der Waals surface area contributed by atoms with E-state index in [0.29, 0.717) is 25.4 Å². The topological polar surface area (TPSA) is 91.8 Å². The quantitative estimate of drug-likeness (QED) is 0.360. The number of carbonyl (C=O) groups is 3. The summed E-state index contributed by atoms with van der Waals surface area (Å²) in [4.78, 5) is 46.5. The molecule has 1 aliphatic carbocycles. The maximum atomic E-state index is 13.4. The van der Waals surface area contributed by atoms with Crippen LogP contribution in [0.2, 0.25) is 5.02 Å². The number of rotatable bonds is 5. The molecule has 3 amide bonds. The summed E-state index contributed by atoms with van der Waals surface area (Å²) in [6.07, 6.45) is 7.02. The zero-order valence-electron chi connectivity index (χ0n) is 25.6. The Morgan fingerprint density at radius 2 is 1.59 bits per heavy atom. The van der Waals surface area contributed by atoms with Gasteiger partial charge in [-0.25, -0.2) is 4.79 Å². The number of likely N-dealkylation sites (tertiary alicyclic amines) is 2. The van der Waals surface area contributed by atoms with Gasteiger partial charge in [0, 0.05) is 64.2 Å². The molecule has 3 heterocycles. The minimum Gasteiger partial charge on any atom is -0.439 e. The number of benzene rings is 1. The Hall–Kier alpha value is -2.17. The number of alkyl carbamates (subject to hydrolysis) is 1. The molecule has 1 unspecified atom stereocenters. The van der Waals surface area contributed by atoms with Crippen molar-refractivity contribution in [3.8, 4) is 0 Å². The Balaban J connectivity index is 1.15. The van der Waals surface area contributed by atoms with Crippen molar-refractivity contribution in [2.45, 2.75) is 77.2 Å². The van der Waals surface area contributed by atoms with E-state index >= 15 is 0 Å². The molecule has 1 aromatic heterocycles. The van der Waals surface area contributed by atoms with Crippen molar-refractivity contribution in [1.82, 2.24) is 20.1 Å². The third kappa shape index (κ3) is 8.15. The van der Waals surface area contributed by atoms with E-state index in [2.05, 4.69) is 49.3 Å². The lowest BCUT2D eigenvalue weighted by Crippen LogP contribution is -2.45. The van der Waals surface area contributed by atoms with Crippen LogP contribution in [0.4, 0.5) is 4.79 Å². The largest absolute Gasteiger partial charge is 0.439 e. The SMILES string of the molecule is CC(C)(C)NC(=O)OCC(=O)N1CCC(CC(=O)N2CCC(C3c4ncc(Br)cc4CCc4cc(Cl)cc(Br)c43)CC2)CC1. The van der Waals surface area contributed by atoms with Gasteiger partial charge in [-0.05, 0) is 122 Å². The molecule has 8 nitrogen and oxygen atoms in total. The van der Waals surface area contributed by atoms with Crippen molar-refractivity contribution in [1.29, 1.82) is 0 Å². The predicted molar refractivity (Wildman–Crippen MR) is 178 cm³/mol. The molecular formula is C33H41Br2ClN4O4. The van der Waals surface area contributed by atoms with Gasteiger partial charge in [-0.3, -0.25) is 14.6 Å². The van der Waals surface area contributed by atoms with Crippen LogP contribution in [0.1, 0.15) is 81.2 Å². The van der Waals surface area contributed by atoms with Crippen LogP contribution >= 0.6 is 43.5 Å². The molecule has 238 valence electrons. The molecule has 1 atom stereocenters. The molecule has 5 rings (SSSR count). The average Bonchev–Trinajstić information content (AvgIpc) is 3.12. The van der Waals surface area contributed by atoms with Gasteiger partial charge in [0.15, 0.2) is 6.61 Å². The molecule has 0 bridgehead atoms. The van der Waals surface area contributed by atoms with E-state index < -0.39 is 11.6 Å². The Labute approximate surface area is 281 Å². The van der Waals surface area contributed by atoms with Crippen molar-refractivity contribution >= 4 is 61.4 Å². The first-order chi connectivity index (χ1) is 20.9. The van der Waals surface area contributed by atoms with Crippen LogP contribution in [0.3, 0.4) is 0 Å². The van der Waals surface area contributed by atoms with Crippen LogP contribution in [0.15, 0.2) is 33.3 Å². The van der Waals surface area contributed by atoms with Gasteiger partial charge in [0.05, 0.1) is 5.69 Å². The fourth-order valence-corrected chi connectivity index (χ4v) is 8.34. The van der Waals surface area contributed by atoms with E-state index in [9.17, 15) is 14.4 Å². The number of amides is 3. The van der Waals surface area contributed by atoms with Gasteiger partial charge < -0.3 is 19.9 Å². The van der Waals surface area contributed by atoms with Gasteiger partial charge in [-0.15, -0.1) is 0 Å². The number of fused-ring (bicyclic) bond motifs is 2. The van der Waals surface area contributed by atoms with Gasteiger partial charge in [0.1, 0.15) is 0 Å². The zero-order valence-corrected chi connectivity index (χ0v) is 29.6. The fraction of sp³-hybridized carbons (Fsp3) is 0.576. The summed E-state index contributed by atoms with van der Waals surface area (Å²) in [5, 5.41) is 3.43. The highest BCUT2D eigenvalue weighted by atomic mass is 79.9. The van der Waals surface area contributed by atoms with E-state index in [1.807, 2.05) is 37.9 Å². The molecule has 44 heavy (non-hydrogen) atoms. The first-order valence-corrected chi connectivity index (χ1v) is 17.5. The summed E-state index contributed by atoms with van der Waals surface area (Å²) in [6.45, 7) is 7.91. The Morgan fingerprint density at radius 3 is 2.27 bits per heavy atom. The number of ether oxygens (including phenoxy) is 1. The van der Waals surface area contributed by atoms with Gasteiger partial charge in [-0.1, -0.05) is 27.5 Å². The summed E-state index contributed by atoms with van der Waals surface area (Å²) >= 11 is 13.9. The van der Waals surface area contributed by atoms with E-state index in [0.717, 1.165) is 71.3 Å². The average molecular weight is 753 g/mol. The molecule has 0 saturated carbocycles. The normalized spacial score (nSPS) is 19.5. The van der Waals surface area contributed by atoms with Crippen molar-refractivity contribution < 1.29 is 19.1 Å². The van der Waals surface area contributed by atoms with Crippen molar-refractivity contribution in [2.24, 2.45) is 11.8 Å². The molecule has 1 aromatic carbocycles. The van der Waals surface area contributed by atoms with E-state index in [-0.39, 0.29) is 30.3 Å². The highest BCUT2D eigenvalue weighted by Gasteiger charge is 2.37. The maximum Gasteiger partial charge on any atom is 0.408 e. The van der Waals surface area contributed by atoms with Crippen LogP contribution in [0, 0.1) is 11.8 Å². The maximum absolute atomic E-state index is 13.4. The number of hydrogen-bond donors (Lipinski definition) is 1. The molecule has 0 spiro atoms. The van der Waals surface area contributed by atoms with Crippen LogP contribution in [0.5, 0.6) is 0 Å². The van der Waals surface area contributed by atoms with Crippen LogP contribution in [-0.2, 0) is 27.2 Å². The van der Waals surface area contributed by atoms with Gasteiger partial charge in [0.25, 0.3) is 5.91 Å². The van der Waals surface area contributed by atoms with Gasteiger partial charge in [-0.2, -0.15) is 0 Å². The first kappa shape index (κ1) is 33.2. The molecule has 2 saturated heterocycles. The highest BCUT2D eigenvalue weighted by Crippen LogP contribution is 2.46. The monoisotopic (exact) mass is 750 g/mol. The lowest BCUT2D eigenvalue weighted by molar-refractivity contribution is -0.136. The molecule has 1 N–H and O–H groups in total. The second kappa shape index (κ2) is 14.1. The molecule has 3 aliphatic rings. The molecule has 2 aromatic rings. The van der Waals surface area contributed by atoms with E-state index in [4.69, 9.17) is 21.3 Å². The number of carbonyl (C=O) groups excluding carboxylic acids is 3. The predicted octanol–water partition coefficient (Wildman–Crippen LogP) is 6.88.